The third-order valence-corrected chi connectivity index (χ3v) is 3.26. The van der Waals surface area contributed by atoms with Gasteiger partial charge in [0.1, 0.15) is 12.4 Å². The maximum absolute atomic E-state index is 11.9. The molecule has 2 aromatic rings. The molecule has 0 aliphatic carbocycles. The van der Waals surface area contributed by atoms with Crippen LogP contribution in [0.3, 0.4) is 0 Å². The molecular weight excluding hydrogens is 336 g/mol. The van der Waals surface area contributed by atoms with Crippen molar-refractivity contribution in [1.29, 1.82) is 0 Å². The molecule has 0 aromatic heterocycles. The highest BCUT2D eigenvalue weighted by Gasteiger charge is 2.09. The van der Waals surface area contributed by atoms with Crippen LogP contribution in [0.25, 0.3) is 10.4 Å². The first kappa shape index (κ1) is 18.8. The molecule has 0 atom stereocenters. The fourth-order valence-electron chi connectivity index (χ4n) is 2.03. The van der Waals surface area contributed by atoms with Crippen LogP contribution in [0, 0.1) is 6.92 Å². The second-order valence-corrected chi connectivity index (χ2v) is 5.16. The van der Waals surface area contributed by atoms with Gasteiger partial charge in [0, 0.05) is 29.3 Å². The smallest absolute Gasteiger partial charge is 0.411 e. The first-order valence-electron chi connectivity index (χ1n) is 7.69. The summed E-state index contributed by atoms with van der Waals surface area (Å²) in [6.07, 6.45) is -0.591. The zero-order chi connectivity index (χ0) is 18.8. The largest absolute Gasteiger partial charge is 0.487 e. The standard InChI is InChI=1S/C17H18N6O3/c1-12-3-6-14(7-4-12)21-17(24)25-10-13-5-8-15(22-19-2)9-16(13)26-11-20-23-18/h3-9H,10-11H2,1-2H3,(H,21,24). The Kier molecular flexibility index (Phi) is 6.96. The van der Waals surface area contributed by atoms with Gasteiger partial charge in [-0.25, -0.2) is 4.79 Å². The van der Waals surface area contributed by atoms with Gasteiger partial charge in [-0.05, 0) is 36.7 Å². The first-order valence-corrected chi connectivity index (χ1v) is 7.69. The van der Waals surface area contributed by atoms with Crippen molar-refractivity contribution in [2.24, 2.45) is 15.3 Å². The molecule has 0 aliphatic rings. The van der Waals surface area contributed by atoms with E-state index in [-0.39, 0.29) is 13.3 Å². The van der Waals surface area contributed by atoms with Gasteiger partial charge in [-0.2, -0.15) is 10.2 Å². The molecule has 0 aliphatic heterocycles. The van der Waals surface area contributed by atoms with Crippen molar-refractivity contribution in [3.63, 3.8) is 0 Å². The lowest BCUT2D eigenvalue weighted by Gasteiger charge is -2.12. The zero-order valence-electron chi connectivity index (χ0n) is 14.4. The molecule has 9 nitrogen and oxygen atoms in total. The minimum Gasteiger partial charge on any atom is -0.487 e. The Balaban J connectivity index is 2.03. The van der Waals surface area contributed by atoms with E-state index in [2.05, 4.69) is 25.6 Å². The Morgan fingerprint density at radius 3 is 2.69 bits per heavy atom. The summed E-state index contributed by atoms with van der Waals surface area (Å²) in [6, 6.07) is 12.4. The Bertz CT molecular complexity index is 829. The van der Waals surface area contributed by atoms with E-state index in [1.807, 2.05) is 19.1 Å². The number of aryl methyl sites for hydroxylation is 1. The van der Waals surface area contributed by atoms with E-state index in [1.165, 1.54) is 0 Å². The van der Waals surface area contributed by atoms with Gasteiger partial charge in [0.25, 0.3) is 0 Å². The van der Waals surface area contributed by atoms with Crippen molar-refractivity contribution < 1.29 is 14.3 Å². The monoisotopic (exact) mass is 354 g/mol. The van der Waals surface area contributed by atoms with E-state index in [4.69, 9.17) is 15.0 Å². The highest BCUT2D eigenvalue weighted by atomic mass is 16.5. The van der Waals surface area contributed by atoms with Gasteiger partial charge in [-0.15, -0.1) is 0 Å². The second kappa shape index (κ2) is 9.65. The third kappa shape index (κ3) is 5.81. The van der Waals surface area contributed by atoms with E-state index < -0.39 is 6.09 Å². The summed E-state index contributed by atoms with van der Waals surface area (Å²) in [5, 5.41) is 13.6. The number of hydrogen-bond donors (Lipinski definition) is 1. The van der Waals surface area contributed by atoms with Crippen molar-refractivity contribution in [3.05, 3.63) is 64.0 Å². The summed E-state index contributed by atoms with van der Waals surface area (Å²) in [7, 11) is 1.55. The predicted molar refractivity (Wildman–Crippen MR) is 96.5 cm³/mol. The molecule has 134 valence electrons. The summed E-state index contributed by atoms with van der Waals surface area (Å²) in [4.78, 5) is 14.6. The van der Waals surface area contributed by atoms with Crippen molar-refractivity contribution in [1.82, 2.24) is 0 Å². The van der Waals surface area contributed by atoms with Gasteiger partial charge in [-0.3, -0.25) is 5.32 Å². The Labute approximate surface area is 150 Å². The molecule has 2 rings (SSSR count). The van der Waals surface area contributed by atoms with Crippen LogP contribution >= 0.6 is 0 Å². The molecule has 0 fully saturated rings. The minimum absolute atomic E-state index is 0.0210. The number of amides is 1. The number of nitrogens with one attached hydrogen (secondary N) is 1. The van der Waals surface area contributed by atoms with Crippen LogP contribution in [0.2, 0.25) is 0 Å². The van der Waals surface area contributed by atoms with Gasteiger partial charge >= 0.3 is 6.09 Å². The number of anilines is 1. The molecule has 0 saturated heterocycles. The first-order chi connectivity index (χ1) is 12.6. The molecule has 0 radical (unpaired) electrons. The molecule has 0 saturated carbocycles. The van der Waals surface area contributed by atoms with Crippen molar-refractivity contribution in [2.75, 3.05) is 19.1 Å². The zero-order valence-corrected chi connectivity index (χ0v) is 14.4. The number of azo groups is 1. The Hall–Kier alpha value is -3.58. The van der Waals surface area contributed by atoms with Gasteiger partial charge in [0.2, 0.25) is 0 Å². The molecule has 26 heavy (non-hydrogen) atoms. The highest BCUT2D eigenvalue weighted by Crippen LogP contribution is 2.26. The molecule has 0 bridgehead atoms. The lowest BCUT2D eigenvalue weighted by molar-refractivity contribution is 0.153. The van der Waals surface area contributed by atoms with Crippen molar-refractivity contribution in [3.8, 4) is 5.75 Å². The summed E-state index contributed by atoms with van der Waals surface area (Å²) in [5.74, 6) is 0.394. The minimum atomic E-state index is -0.591. The number of ether oxygens (including phenoxy) is 2. The fourth-order valence-corrected chi connectivity index (χ4v) is 2.03. The third-order valence-electron chi connectivity index (χ3n) is 3.26. The van der Waals surface area contributed by atoms with E-state index in [0.29, 0.717) is 22.7 Å². The molecule has 0 spiro atoms. The van der Waals surface area contributed by atoms with E-state index in [0.717, 1.165) is 5.56 Å². The van der Waals surface area contributed by atoms with Crippen molar-refractivity contribution in [2.45, 2.75) is 13.5 Å². The predicted octanol–water partition coefficient (Wildman–Crippen LogP) is 5.10. The molecule has 9 heteroatoms. The van der Waals surface area contributed by atoms with Crippen LogP contribution < -0.4 is 10.1 Å². The van der Waals surface area contributed by atoms with Gasteiger partial charge in [0.05, 0.1) is 5.69 Å². The van der Waals surface area contributed by atoms with Crippen molar-refractivity contribution >= 4 is 17.5 Å². The van der Waals surface area contributed by atoms with Crippen LogP contribution in [0.15, 0.2) is 57.8 Å². The van der Waals surface area contributed by atoms with E-state index in [9.17, 15) is 4.79 Å². The Morgan fingerprint density at radius 1 is 1.23 bits per heavy atom. The van der Waals surface area contributed by atoms with E-state index >= 15 is 0 Å². The Morgan fingerprint density at radius 2 is 2.00 bits per heavy atom. The number of carbonyl (C=O) groups excluding carboxylic acids is 1. The van der Waals surface area contributed by atoms with Crippen LogP contribution in [0.1, 0.15) is 11.1 Å². The number of rotatable bonds is 7. The molecular formula is C17H18N6O3. The highest BCUT2D eigenvalue weighted by molar-refractivity contribution is 5.84. The van der Waals surface area contributed by atoms with Gasteiger partial charge in [-0.1, -0.05) is 22.8 Å². The summed E-state index contributed by atoms with van der Waals surface area (Å²) in [5.41, 5.74) is 11.3. The molecule has 0 unspecified atom stereocenters. The average molecular weight is 354 g/mol. The number of benzene rings is 2. The van der Waals surface area contributed by atoms with Crippen LogP contribution in [-0.2, 0) is 11.3 Å². The molecule has 2 aromatic carbocycles. The summed E-state index contributed by atoms with van der Waals surface area (Å²) in [6.45, 7) is 1.75. The average Bonchev–Trinajstić information content (AvgIpc) is 2.63. The topological polar surface area (TPSA) is 121 Å². The maximum atomic E-state index is 11.9. The normalized spacial score (nSPS) is 10.2. The summed E-state index contributed by atoms with van der Waals surface area (Å²) >= 11 is 0. The van der Waals surface area contributed by atoms with Gasteiger partial charge < -0.3 is 9.47 Å². The lowest BCUT2D eigenvalue weighted by atomic mass is 10.2. The van der Waals surface area contributed by atoms with E-state index in [1.54, 1.807) is 37.4 Å². The van der Waals surface area contributed by atoms with Gasteiger partial charge in [0.15, 0.2) is 6.73 Å². The second-order valence-electron chi connectivity index (χ2n) is 5.16. The van der Waals surface area contributed by atoms with Crippen LogP contribution in [0.5, 0.6) is 5.75 Å². The molecule has 1 amide bonds. The van der Waals surface area contributed by atoms with Crippen LogP contribution in [-0.4, -0.2) is 19.9 Å². The quantitative estimate of drug-likeness (QED) is 0.422. The SMILES string of the molecule is CN=Nc1ccc(COC(=O)Nc2ccc(C)cc2)c(OCN=[N+]=[N-])c1. The molecule has 1 N–H and O–H groups in total. The maximum Gasteiger partial charge on any atom is 0.411 e. The lowest BCUT2D eigenvalue weighted by Crippen LogP contribution is -2.13. The van der Waals surface area contributed by atoms with Crippen LogP contribution in [0.4, 0.5) is 16.2 Å². The fraction of sp³-hybridized carbons (Fsp3) is 0.235. The number of carbonyl (C=O) groups is 1. The number of hydrogen-bond acceptors (Lipinski definition) is 6. The summed E-state index contributed by atoms with van der Waals surface area (Å²) < 4.78 is 10.6. The number of nitrogens with zero attached hydrogens (tertiary/aromatic N) is 5. The molecule has 0 heterocycles. The number of azide groups is 1.